The SMILES string of the molecule is CC1C(C=O)C2(Cl)C(Cl)=C(Cl)C1(Cl)C2(Cl)Cl. The standard InChI is InChI=1S/C9H6Cl6O/c1-3-4(2-16)8(13)6(11)5(10)7(3,12)9(8,14)15/h2-4H,1H3. The summed E-state index contributed by atoms with van der Waals surface area (Å²) in [6, 6.07) is 0. The molecule has 2 rings (SSSR count). The molecule has 4 atom stereocenters. The molecular weight excluding hydrogens is 337 g/mol. The van der Waals surface area contributed by atoms with E-state index in [9.17, 15) is 4.79 Å². The number of fused-ring (bicyclic) bond motifs is 2. The molecule has 0 radical (unpaired) electrons. The first kappa shape index (κ1) is 13.6. The largest absolute Gasteiger partial charge is 0.303 e. The van der Waals surface area contributed by atoms with E-state index < -0.39 is 25.9 Å². The molecular formula is C9H6Cl6O. The minimum atomic E-state index is -1.61. The summed E-state index contributed by atoms with van der Waals surface area (Å²) in [6.07, 6.45) is 0.674. The normalized spacial score (nSPS) is 49.9. The summed E-state index contributed by atoms with van der Waals surface area (Å²) in [6.45, 7) is 1.72. The van der Waals surface area contributed by atoms with Gasteiger partial charge in [-0.05, 0) is 5.92 Å². The number of carbonyl (C=O) groups excluding carboxylic acids is 1. The average Bonchev–Trinajstić information content (AvgIpc) is 2.40. The van der Waals surface area contributed by atoms with Crippen LogP contribution < -0.4 is 0 Å². The van der Waals surface area contributed by atoms with Crippen LogP contribution >= 0.6 is 69.6 Å². The molecule has 16 heavy (non-hydrogen) atoms. The fourth-order valence-corrected chi connectivity index (χ4v) is 5.56. The Morgan fingerprint density at radius 2 is 1.50 bits per heavy atom. The van der Waals surface area contributed by atoms with Gasteiger partial charge in [-0.3, -0.25) is 0 Å². The molecule has 0 aromatic carbocycles. The predicted molar refractivity (Wildman–Crippen MR) is 69.1 cm³/mol. The Morgan fingerprint density at radius 1 is 1.06 bits per heavy atom. The van der Waals surface area contributed by atoms with E-state index in [1.54, 1.807) is 6.92 Å². The lowest BCUT2D eigenvalue weighted by Gasteiger charge is -2.32. The predicted octanol–water partition coefficient (Wildman–Crippen LogP) is 4.28. The number of alkyl halides is 4. The van der Waals surface area contributed by atoms with Crippen LogP contribution in [0.25, 0.3) is 0 Å². The van der Waals surface area contributed by atoms with Crippen LogP contribution in [0.15, 0.2) is 10.1 Å². The van der Waals surface area contributed by atoms with Crippen LogP contribution in [-0.2, 0) is 4.79 Å². The molecule has 0 saturated heterocycles. The molecule has 4 unspecified atom stereocenters. The first-order valence-corrected chi connectivity index (χ1v) is 6.71. The smallest absolute Gasteiger partial charge is 0.167 e. The van der Waals surface area contributed by atoms with E-state index in [2.05, 4.69) is 0 Å². The Kier molecular flexibility index (Phi) is 3.04. The highest BCUT2D eigenvalue weighted by molar-refractivity contribution is 6.66. The van der Waals surface area contributed by atoms with E-state index in [4.69, 9.17) is 69.6 Å². The van der Waals surface area contributed by atoms with Crippen LogP contribution in [0.3, 0.4) is 0 Å². The second-order valence-electron chi connectivity index (χ2n) is 4.08. The maximum Gasteiger partial charge on any atom is 0.167 e. The molecule has 0 spiro atoms. The maximum absolute atomic E-state index is 11.1. The third kappa shape index (κ3) is 1.07. The second kappa shape index (κ2) is 3.59. The number of halogens is 6. The highest BCUT2D eigenvalue weighted by atomic mass is 35.5. The summed E-state index contributed by atoms with van der Waals surface area (Å²) in [5.74, 6) is -1.06. The van der Waals surface area contributed by atoms with Crippen LogP contribution in [0.4, 0.5) is 0 Å². The van der Waals surface area contributed by atoms with E-state index in [0.717, 1.165) is 0 Å². The molecule has 1 saturated carbocycles. The fourth-order valence-electron chi connectivity index (χ4n) is 2.50. The van der Waals surface area contributed by atoms with E-state index in [0.29, 0.717) is 6.29 Å². The zero-order valence-electron chi connectivity index (χ0n) is 7.91. The molecule has 0 aliphatic heterocycles. The van der Waals surface area contributed by atoms with Gasteiger partial charge in [0.05, 0.1) is 10.1 Å². The zero-order valence-corrected chi connectivity index (χ0v) is 12.4. The first-order chi connectivity index (χ1) is 7.17. The summed E-state index contributed by atoms with van der Waals surface area (Å²) < 4.78 is -1.61. The average molecular weight is 343 g/mol. The summed E-state index contributed by atoms with van der Waals surface area (Å²) in [4.78, 5) is 8.35. The number of carbonyl (C=O) groups is 1. The van der Waals surface area contributed by atoms with Gasteiger partial charge in [0.2, 0.25) is 0 Å². The Bertz CT molecular complexity index is 405. The van der Waals surface area contributed by atoms with Crippen LogP contribution in [0.1, 0.15) is 6.92 Å². The summed E-state index contributed by atoms with van der Waals surface area (Å²) in [7, 11) is 0. The Morgan fingerprint density at radius 3 is 1.88 bits per heavy atom. The van der Waals surface area contributed by atoms with E-state index in [-0.39, 0.29) is 10.1 Å². The summed E-state index contributed by atoms with van der Waals surface area (Å²) in [5, 5.41) is 0.187. The Hall–Kier alpha value is 1.15. The number of allylic oxidation sites excluding steroid dienone is 2. The van der Waals surface area contributed by atoms with Crippen molar-refractivity contribution >= 4 is 75.9 Å². The minimum absolute atomic E-state index is 0.0611. The Labute approximate surface area is 123 Å². The van der Waals surface area contributed by atoms with Gasteiger partial charge in [0.25, 0.3) is 0 Å². The summed E-state index contributed by atoms with van der Waals surface area (Å²) >= 11 is 37.2. The van der Waals surface area contributed by atoms with Crippen molar-refractivity contribution in [2.45, 2.75) is 21.0 Å². The van der Waals surface area contributed by atoms with Crippen molar-refractivity contribution in [3.63, 3.8) is 0 Å². The van der Waals surface area contributed by atoms with Crippen molar-refractivity contribution in [1.29, 1.82) is 0 Å². The van der Waals surface area contributed by atoms with Crippen LogP contribution in [-0.4, -0.2) is 20.4 Å². The molecule has 0 aromatic heterocycles. The molecule has 1 nitrogen and oxygen atoms in total. The van der Waals surface area contributed by atoms with Gasteiger partial charge in [-0.25, -0.2) is 0 Å². The van der Waals surface area contributed by atoms with Gasteiger partial charge in [-0.2, -0.15) is 0 Å². The molecule has 0 aromatic rings. The first-order valence-electron chi connectivity index (χ1n) is 4.44. The maximum atomic E-state index is 11.1. The molecule has 2 aliphatic carbocycles. The molecule has 2 bridgehead atoms. The monoisotopic (exact) mass is 340 g/mol. The van der Waals surface area contributed by atoms with Crippen LogP contribution in [0, 0.1) is 11.8 Å². The third-order valence-electron chi connectivity index (χ3n) is 3.52. The second-order valence-corrected chi connectivity index (χ2v) is 7.35. The van der Waals surface area contributed by atoms with E-state index in [1.165, 1.54) is 0 Å². The molecule has 90 valence electrons. The van der Waals surface area contributed by atoms with Crippen molar-refractivity contribution in [1.82, 2.24) is 0 Å². The highest BCUT2D eigenvalue weighted by Gasteiger charge is 2.81. The van der Waals surface area contributed by atoms with E-state index in [1.807, 2.05) is 0 Å². The van der Waals surface area contributed by atoms with Gasteiger partial charge in [-0.1, -0.05) is 53.3 Å². The number of rotatable bonds is 1. The van der Waals surface area contributed by atoms with Gasteiger partial charge in [0, 0.05) is 5.92 Å². The number of hydrogen-bond donors (Lipinski definition) is 0. The molecule has 0 amide bonds. The summed E-state index contributed by atoms with van der Waals surface area (Å²) in [5.41, 5.74) is 0. The molecule has 1 fully saturated rings. The van der Waals surface area contributed by atoms with Crippen LogP contribution in [0.2, 0.25) is 0 Å². The lowest BCUT2D eigenvalue weighted by Crippen LogP contribution is -2.44. The lowest BCUT2D eigenvalue weighted by molar-refractivity contribution is -0.112. The molecule has 0 heterocycles. The lowest BCUT2D eigenvalue weighted by atomic mass is 9.84. The van der Waals surface area contributed by atoms with Crippen molar-refractivity contribution in [2.75, 3.05) is 0 Å². The van der Waals surface area contributed by atoms with Crippen molar-refractivity contribution < 1.29 is 4.79 Å². The minimum Gasteiger partial charge on any atom is -0.303 e. The zero-order chi connectivity index (χ0) is 12.5. The fraction of sp³-hybridized carbons (Fsp3) is 0.667. The van der Waals surface area contributed by atoms with Crippen molar-refractivity contribution in [3.8, 4) is 0 Å². The van der Waals surface area contributed by atoms with Crippen molar-refractivity contribution in [2.24, 2.45) is 11.8 Å². The molecule has 7 heteroatoms. The van der Waals surface area contributed by atoms with E-state index >= 15 is 0 Å². The van der Waals surface area contributed by atoms with Crippen molar-refractivity contribution in [3.05, 3.63) is 10.1 Å². The number of hydrogen-bond acceptors (Lipinski definition) is 1. The van der Waals surface area contributed by atoms with Gasteiger partial charge in [0.15, 0.2) is 4.33 Å². The van der Waals surface area contributed by atoms with Gasteiger partial charge in [-0.15, -0.1) is 23.2 Å². The number of aldehydes is 1. The molecule has 0 N–H and O–H groups in total. The van der Waals surface area contributed by atoms with Crippen LogP contribution in [0.5, 0.6) is 0 Å². The van der Waals surface area contributed by atoms with Gasteiger partial charge < -0.3 is 4.79 Å². The third-order valence-corrected chi connectivity index (χ3v) is 7.90. The van der Waals surface area contributed by atoms with Gasteiger partial charge in [0.1, 0.15) is 16.0 Å². The van der Waals surface area contributed by atoms with Gasteiger partial charge >= 0.3 is 0 Å². The Balaban J connectivity index is 2.77. The highest BCUT2D eigenvalue weighted by Crippen LogP contribution is 2.75. The quantitative estimate of drug-likeness (QED) is 0.513. The topological polar surface area (TPSA) is 17.1 Å². The molecule has 2 aliphatic rings.